The smallest absolute Gasteiger partial charge is 0.264 e. The van der Waals surface area contributed by atoms with Crippen LogP contribution in [0.25, 0.3) is 0 Å². The number of aliphatic hydroxyl groups is 1. The van der Waals surface area contributed by atoms with Gasteiger partial charge >= 0.3 is 0 Å². The van der Waals surface area contributed by atoms with Crippen LogP contribution in [0.3, 0.4) is 0 Å². The average molecular weight is 400 g/mol. The number of anilines is 1. The summed E-state index contributed by atoms with van der Waals surface area (Å²) in [5.41, 5.74) is 1.00. The first-order valence-corrected chi connectivity index (χ1v) is 9.24. The van der Waals surface area contributed by atoms with Gasteiger partial charge in [0.2, 0.25) is 0 Å². The Morgan fingerprint density at radius 1 is 1.24 bits per heavy atom. The molecule has 0 bridgehead atoms. The number of amides is 1. The van der Waals surface area contributed by atoms with E-state index in [9.17, 15) is 14.7 Å². The first-order valence-electron chi connectivity index (χ1n) is 8.45. The van der Waals surface area contributed by atoms with Crippen LogP contribution in [0.5, 0.6) is 0 Å². The first kappa shape index (κ1) is 16.5. The van der Waals surface area contributed by atoms with E-state index < -0.39 is 17.4 Å². The molecule has 0 radical (unpaired) electrons. The largest absolute Gasteiger partial charge is 0.375 e. The number of likely N-dealkylation sites (N-methyl/N-ethyl adjacent to an activating group) is 1. The maximum atomic E-state index is 13.1. The summed E-state index contributed by atoms with van der Waals surface area (Å²) < 4.78 is 0.777. The molecule has 0 spiro atoms. The van der Waals surface area contributed by atoms with E-state index in [1.807, 2.05) is 37.3 Å². The number of Topliss-reactive ketones (excluding diaryl/α,β-unsaturated/α-hetero) is 1. The van der Waals surface area contributed by atoms with Crippen molar-refractivity contribution in [2.24, 2.45) is 5.92 Å². The van der Waals surface area contributed by atoms with Crippen LogP contribution < -0.4 is 4.90 Å². The molecule has 2 aliphatic rings. The number of aryl methyl sites for hydroxylation is 1. The van der Waals surface area contributed by atoms with Gasteiger partial charge in [0.05, 0.1) is 11.6 Å². The van der Waals surface area contributed by atoms with Crippen LogP contribution in [-0.4, -0.2) is 23.3 Å². The maximum absolute atomic E-state index is 13.1. The summed E-state index contributed by atoms with van der Waals surface area (Å²) in [5.74, 6) is -1.32. The molecule has 0 aromatic heterocycles. The van der Waals surface area contributed by atoms with Crippen molar-refractivity contribution in [1.82, 2.24) is 0 Å². The highest BCUT2D eigenvalue weighted by atomic mass is 79.9. The van der Waals surface area contributed by atoms with Crippen molar-refractivity contribution < 1.29 is 14.7 Å². The lowest BCUT2D eigenvalue weighted by Crippen LogP contribution is -2.49. The number of hydrogen-bond acceptors (Lipinski definition) is 3. The minimum Gasteiger partial charge on any atom is -0.375 e. The van der Waals surface area contributed by atoms with E-state index in [2.05, 4.69) is 15.9 Å². The fourth-order valence-electron chi connectivity index (χ4n) is 4.13. The van der Waals surface area contributed by atoms with Crippen LogP contribution in [0.4, 0.5) is 5.69 Å². The van der Waals surface area contributed by atoms with Gasteiger partial charge < -0.3 is 10.0 Å². The van der Waals surface area contributed by atoms with Crippen molar-refractivity contribution in [3.8, 4) is 0 Å². The molecule has 25 heavy (non-hydrogen) atoms. The molecule has 1 heterocycles. The van der Waals surface area contributed by atoms with E-state index in [1.54, 1.807) is 17.0 Å². The summed E-state index contributed by atoms with van der Waals surface area (Å²) in [7, 11) is 0. The highest BCUT2D eigenvalue weighted by molar-refractivity contribution is 9.10. The summed E-state index contributed by atoms with van der Waals surface area (Å²) in [6.07, 6.45) is 1.14. The third kappa shape index (κ3) is 2.22. The number of rotatable bonds is 2. The zero-order chi connectivity index (χ0) is 17.8. The number of nitrogens with zero attached hydrogens (tertiary/aromatic N) is 1. The van der Waals surface area contributed by atoms with Crippen LogP contribution in [-0.2, 0) is 16.8 Å². The molecule has 1 aliphatic heterocycles. The van der Waals surface area contributed by atoms with Gasteiger partial charge in [0.15, 0.2) is 11.4 Å². The Balaban J connectivity index is 1.87. The molecule has 2 atom stereocenters. The third-order valence-electron chi connectivity index (χ3n) is 5.35. The highest BCUT2D eigenvalue weighted by Crippen LogP contribution is 2.48. The second-order valence-corrected chi connectivity index (χ2v) is 7.51. The number of carbonyl (C=O) groups is 2. The maximum Gasteiger partial charge on any atom is 0.264 e. The Morgan fingerprint density at radius 2 is 2.00 bits per heavy atom. The van der Waals surface area contributed by atoms with Crippen molar-refractivity contribution in [2.45, 2.75) is 25.4 Å². The quantitative estimate of drug-likeness (QED) is 0.840. The molecule has 2 aromatic carbocycles. The second-order valence-electron chi connectivity index (χ2n) is 6.59. The van der Waals surface area contributed by atoms with E-state index in [0.717, 1.165) is 10.0 Å². The Labute approximate surface area is 154 Å². The van der Waals surface area contributed by atoms with Gasteiger partial charge in [-0.3, -0.25) is 9.59 Å². The molecule has 0 unspecified atom stereocenters. The fraction of sp³-hybridized carbons (Fsp3) is 0.300. The summed E-state index contributed by atoms with van der Waals surface area (Å²) >= 11 is 3.42. The Kier molecular flexibility index (Phi) is 3.81. The predicted octanol–water partition coefficient (Wildman–Crippen LogP) is 3.45. The molecule has 4 rings (SSSR count). The minimum atomic E-state index is -1.81. The average Bonchev–Trinajstić information content (AvgIpc) is 2.83. The van der Waals surface area contributed by atoms with Crippen LogP contribution in [0.15, 0.2) is 46.9 Å². The molecular weight excluding hydrogens is 382 g/mol. The number of halogens is 1. The number of benzene rings is 2. The monoisotopic (exact) mass is 399 g/mol. The summed E-state index contributed by atoms with van der Waals surface area (Å²) in [5, 5.41) is 11.5. The van der Waals surface area contributed by atoms with E-state index in [-0.39, 0.29) is 5.78 Å². The number of fused-ring (bicyclic) bond motifs is 2. The van der Waals surface area contributed by atoms with Crippen molar-refractivity contribution in [3.63, 3.8) is 0 Å². The molecule has 1 N–H and O–H groups in total. The number of carbonyl (C=O) groups excluding carboxylic acids is 2. The normalized spacial score (nSPS) is 25.1. The van der Waals surface area contributed by atoms with Gasteiger partial charge in [0, 0.05) is 22.1 Å². The second kappa shape index (κ2) is 5.78. The standard InChI is InChI=1S/C20H18BrNO3/c1-2-22-17-10-8-13(21)11-16(17)20(25,19(22)24)15-9-7-12-5-3-4-6-14(12)18(15)23/h3-6,8,10-11,15,25H,2,7,9H2,1H3/t15-,20-/m0/s1. The first-order chi connectivity index (χ1) is 12.0. The summed E-state index contributed by atoms with van der Waals surface area (Å²) in [6, 6.07) is 12.9. The van der Waals surface area contributed by atoms with Crippen LogP contribution >= 0.6 is 15.9 Å². The van der Waals surface area contributed by atoms with Crippen molar-refractivity contribution in [2.75, 3.05) is 11.4 Å². The SMILES string of the molecule is CCN1C(=O)[C@](O)([C@H]2CCc3ccccc3C2=O)c2cc(Br)ccc21. The fourth-order valence-corrected chi connectivity index (χ4v) is 4.49. The molecule has 0 saturated carbocycles. The molecule has 1 aliphatic carbocycles. The van der Waals surface area contributed by atoms with Crippen LogP contribution in [0.1, 0.15) is 34.8 Å². The topological polar surface area (TPSA) is 57.6 Å². The Morgan fingerprint density at radius 3 is 2.76 bits per heavy atom. The zero-order valence-electron chi connectivity index (χ0n) is 13.8. The van der Waals surface area contributed by atoms with Crippen molar-refractivity contribution in [1.29, 1.82) is 0 Å². The molecule has 0 fully saturated rings. The van der Waals surface area contributed by atoms with E-state index in [1.165, 1.54) is 0 Å². The lowest BCUT2D eigenvalue weighted by Gasteiger charge is -2.34. The van der Waals surface area contributed by atoms with Gasteiger partial charge in [-0.05, 0) is 43.5 Å². The minimum absolute atomic E-state index is 0.151. The van der Waals surface area contributed by atoms with Gasteiger partial charge in [-0.15, -0.1) is 0 Å². The molecule has 5 heteroatoms. The third-order valence-corrected chi connectivity index (χ3v) is 5.85. The summed E-state index contributed by atoms with van der Waals surface area (Å²) in [6.45, 7) is 2.32. The van der Waals surface area contributed by atoms with E-state index >= 15 is 0 Å². The molecule has 2 aromatic rings. The van der Waals surface area contributed by atoms with Gasteiger partial charge in [0.25, 0.3) is 5.91 Å². The predicted molar refractivity (Wildman–Crippen MR) is 98.6 cm³/mol. The molecule has 0 saturated heterocycles. The van der Waals surface area contributed by atoms with Crippen LogP contribution in [0, 0.1) is 5.92 Å². The Bertz CT molecular complexity index is 894. The number of ketones is 1. The summed E-state index contributed by atoms with van der Waals surface area (Å²) in [4.78, 5) is 27.8. The number of hydrogen-bond donors (Lipinski definition) is 1. The molecule has 1 amide bonds. The van der Waals surface area contributed by atoms with Gasteiger partial charge in [-0.25, -0.2) is 0 Å². The van der Waals surface area contributed by atoms with E-state index in [0.29, 0.717) is 36.2 Å². The lowest BCUT2D eigenvalue weighted by molar-refractivity contribution is -0.140. The zero-order valence-corrected chi connectivity index (χ0v) is 15.4. The molecular formula is C20H18BrNO3. The van der Waals surface area contributed by atoms with Gasteiger partial charge in [0.1, 0.15) is 0 Å². The highest BCUT2D eigenvalue weighted by Gasteiger charge is 2.57. The molecule has 4 nitrogen and oxygen atoms in total. The van der Waals surface area contributed by atoms with Gasteiger partial charge in [-0.1, -0.05) is 40.2 Å². The Hall–Kier alpha value is -1.98. The van der Waals surface area contributed by atoms with Crippen molar-refractivity contribution in [3.05, 3.63) is 63.6 Å². The van der Waals surface area contributed by atoms with E-state index in [4.69, 9.17) is 0 Å². The lowest BCUT2D eigenvalue weighted by atomic mass is 9.71. The molecule has 128 valence electrons. The van der Waals surface area contributed by atoms with Crippen LogP contribution in [0.2, 0.25) is 0 Å². The van der Waals surface area contributed by atoms with Gasteiger partial charge in [-0.2, -0.15) is 0 Å². The van der Waals surface area contributed by atoms with Crippen molar-refractivity contribution >= 4 is 33.3 Å².